The molecule has 0 aliphatic carbocycles. The third-order valence-corrected chi connectivity index (χ3v) is 6.13. The highest BCUT2D eigenvalue weighted by Gasteiger charge is 2.22. The minimum atomic E-state index is -4.10. The van der Waals surface area contributed by atoms with Gasteiger partial charge in [-0.1, -0.05) is 12.1 Å². The molecule has 0 aliphatic rings. The SMILES string of the molecule is COc1ccccc1NS(=O)(=O)c1ccc(N/N=C/c2c(C)nn(C)c2C)c([N+](=O)[O-])c1. The number of benzene rings is 2. The summed E-state index contributed by atoms with van der Waals surface area (Å²) in [5.41, 5.74) is 4.85. The first-order valence-electron chi connectivity index (χ1n) is 9.37. The fourth-order valence-electron chi connectivity index (χ4n) is 3.00. The summed E-state index contributed by atoms with van der Waals surface area (Å²) in [5, 5.41) is 19.9. The lowest BCUT2D eigenvalue weighted by atomic mass is 10.2. The van der Waals surface area contributed by atoms with Gasteiger partial charge in [0.1, 0.15) is 11.4 Å². The molecule has 0 saturated carbocycles. The highest BCUT2D eigenvalue weighted by molar-refractivity contribution is 7.92. The summed E-state index contributed by atoms with van der Waals surface area (Å²) < 4.78 is 34.8. The Labute approximate surface area is 184 Å². The van der Waals surface area contributed by atoms with Crippen molar-refractivity contribution >= 4 is 33.3 Å². The zero-order valence-electron chi connectivity index (χ0n) is 17.9. The van der Waals surface area contributed by atoms with Crippen LogP contribution in [0.5, 0.6) is 5.75 Å². The molecular weight excluding hydrogens is 436 g/mol. The lowest BCUT2D eigenvalue weighted by Gasteiger charge is -2.12. The predicted molar refractivity (Wildman–Crippen MR) is 121 cm³/mol. The number of aryl methyl sites for hydroxylation is 2. The highest BCUT2D eigenvalue weighted by Crippen LogP contribution is 2.30. The van der Waals surface area contributed by atoms with E-state index in [1.807, 2.05) is 13.8 Å². The minimum absolute atomic E-state index is 0.0432. The Morgan fingerprint density at radius 2 is 1.91 bits per heavy atom. The summed E-state index contributed by atoms with van der Waals surface area (Å²) in [6.07, 6.45) is 1.51. The van der Waals surface area contributed by atoms with E-state index in [4.69, 9.17) is 4.74 Å². The van der Waals surface area contributed by atoms with Gasteiger partial charge in [-0.25, -0.2) is 8.42 Å². The molecule has 0 amide bonds. The maximum Gasteiger partial charge on any atom is 0.295 e. The predicted octanol–water partition coefficient (Wildman–Crippen LogP) is 3.20. The van der Waals surface area contributed by atoms with Crippen LogP contribution in [0.15, 0.2) is 52.5 Å². The van der Waals surface area contributed by atoms with E-state index in [0.717, 1.165) is 23.0 Å². The van der Waals surface area contributed by atoms with Crippen LogP contribution >= 0.6 is 0 Å². The van der Waals surface area contributed by atoms with Crippen LogP contribution in [0, 0.1) is 24.0 Å². The van der Waals surface area contributed by atoms with Crippen LogP contribution in [0.2, 0.25) is 0 Å². The van der Waals surface area contributed by atoms with Gasteiger partial charge in [-0.05, 0) is 38.1 Å². The first-order chi connectivity index (χ1) is 15.1. The molecule has 12 heteroatoms. The number of methoxy groups -OCH3 is 1. The average Bonchev–Trinajstić information content (AvgIpc) is 2.99. The molecule has 0 aliphatic heterocycles. The number of hydrogen-bond donors (Lipinski definition) is 2. The quantitative estimate of drug-likeness (QED) is 0.300. The van der Waals surface area contributed by atoms with E-state index in [9.17, 15) is 18.5 Å². The monoisotopic (exact) mass is 458 g/mol. The largest absolute Gasteiger partial charge is 0.495 e. The number of aromatic nitrogens is 2. The van der Waals surface area contributed by atoms with Gasteiger partial charge in [0.2, 0.25) is 0 Å². The van der Waals surface area contributed by atoms with E-state index in [-0.39, 0.29) is 16.3 Å². The second kappa shape index (κ2) is 9.06. The molecule has 0 saturated heterocycles. The smallest absolute Gasteiger partial charge is 0.295 e. The van der Waals surface area contributed by atoms with Crippen LogP contribution in [0.25, 0.3) is 0 Å². The first kappa shape index (κ1) is 22.7. The van der Waals surface area contributed by atoms with Crippen molar-refractivity contribution in [1.29, 1.82) is 0 Å². The zero-order valence-corrected chi connectivity index (χ0v) is 18.7. The molecule has 3 aromatic rings. The Bertz CT molecular complexity index is 1300. The van der Waals surface area contributed by atoms with E-state index in [1.165, 1.54) is 31.5 Å². The molecule has 11 nitrogen and oxygen atoms in total. The molecule has 1 heterocycles. The molecule has 0 atom stereocenters. The molecule has 0 radical (unpaired) electrons. The van der Waals surface area contributed by atoms with Crippen molar-refractivity contribution < 1.29 is 18.1 Å². The van der Waals surface area contributed by atoms with Crippen molar-refractivity contribution in [3.63, 3.8) is 0 Å². The number of anilines is 2. The van der Waals surface area contributed by atoms with Crippen LogP contribution in [-0.2, 0) is 17.1 Å². The highest BCUT2D eigenvalue weighted by atomic mass is 32.2. The summed E-state index contributed by atoms with van der Waals surface area (Å²) >= 11 is 0. The fraction of sp³-hybridized carbons (Fsp3) is 0.200. The maximum absolute atomic E-state index is 12.8. The second-order valence-electron chi connectivity index (χ2n) is 6.82. The lowest BCUT2D eigenvalue weighted by Crippen LogP contribution is -2.14. The van der Waals surface area contributed by atoms with Gasteiger partial charge in [0.25, 0.3) is 15.7 Å². The van der Waals surface area contributed by atoms with Crippen molar-refractivity contribution in [2.45, 2.75) is 18.7 Å². The van der Waals surface area contributed by atoms with Gasteiger partial charge in [0.05, 0.1) is 34.5 Å². The summed E-state index contributed by atoms with van der Waals surface area (Å²) in [6.45, 7) is 3.70. The van der Waals surface area contributed by atoms with E-state index in [0.29, 0.717) is 5.75 Å². The average molecular weight is 459 g/mol. The van der Waals surface area contributed by atoms with Gasteiger partial charge in [-0.3, -0.25) is 24.9 Å². The first-order valence-corrected chi connectivity index (χ1v) is 10.9. The molecular formula is C20H22N6O5S. The summed E-state index contributed by atoms with van der Waals surface area (Å²) in [7, 11) is -0.890. The molecule has 0 spiro atoms. The number of ether oxygens (including phenoxy) is 1. The van der Waals surface area contributed by atoms with E-state index in [1.54, 1.807) is 29.9 Å². The topological polar surface area (TPSA) is 141 Å². The maximum atomic E-state index is 12.8. The molecule has 168 valence electrons. The standard InChI is InChI=1S/C20H22N6O5S/c1-13-16(14(2)25(3)23-13)12-21-22-17-10-9-15(11-19(17)26(27)28)32(29,30)24-18-7-5-6-8-20(18)31-4/h5-12,22,24H,1-4H3/b21-12+. The van der Waals surface area contributed by atoms with Crippen LogP contribution in [0.1, 0.15) is 17.0 Å². The van der Waals surface area contributed by atoms with Gasteiger partial charge >= 0.3 is 0 Å². The number of nitro benzene ring substituents is 1. The molecule has 0 unspecified atom stereocenters. The number of para-hydroxylation sites is 2. The third-order valence-electron chi connectivity index (χ3n) is 4.77. The van der Waals surface area contributed by atoms with Crippen molar-refractivity contribution in [1.82, 2.24) is 9.78 Å². The Hall–Kier alpha value is -3.93. The van der Waals surface area contributed by atoms with Crippen LogP contribution in [0.3, 0.4) is 0 Å². The Kier molecular flexibility index (Phi) is 6.44. The number of sulfonamides is 1. The van der Waals surface area contributed by atoms with E-state index < -0.39 is 20.6 Å². The van der Waals surface area contributed by atoms with Crippen LogP contribution in [0.4, 0.5) is 17.1 Å². The Morgan fingerprint density at radius 3 is 2.53 bits per heavy atom. The zero-order chi connectivity index (χ0) is 23.5. The number of rotatable bonds is 8. The van der Waals surface area contributed by atoms with Crippen LogP contribution < -0.4 is 14.9 Å². The van der Waals surface area contributed by atoms with Gasteiger partial charge in [0.15, 0.2) is 0 Å². The normalized spacial score (nSPS) is 11.5. The third kappa shape index (κ3) is 4.70. The fourth-order valence-corrected chi connectivity index (χ4v) is 4.09. The van der Waals surface area contributed by atoms with E-state index in [2.05, 4.69) is 20.3 Å². The second-order valence-corrected chi connectivity index (χ2v) is 8.50. The Balaban J connectivity index is 1.88. The lowest BCUT2D eigenvalue weighted by molar-refractivity contribution is -0.384. The van der Waals surface area contributed by atoms with Gasteiger partial charge < -0.3 is 4.74 Å². The molecule has 0 bridgehead atoms. The number of nitrogens with one attached hydrogen (secondary N) is 2. The minimum Gasteiger partial charge on any atom is -0.495 e. The van der Waals surface area contributed by atoms with Gasteiger partial charge in [0, 0.05) is 24.4 Å². The molecule has 2 N–H and O–H groups in total. The van der Waals surface area contributed by atoms with Gasteiger partial charge in [-0.15, -0.1) is 0 Å². The molecule has 32 heavy (non-hydrogen) atoms. The Morgan fingerprint density at radius 1 is 1.19 bits per heavy atom. The number of hydrazone groups is 1. The molecule has 3 rings (SSSR count). The number of nitro groups is 1. The molecule has 1 aromatic heterocycles. The van der Waals surface area contributed by atoms with Crippen molar-refractivity contribution in [2.75, 3.05) is 17.3 Å². The molecule has 0 fully saturated rings. The van der Waals surface area contributed by atoms with Crippen molar-refractivity contribution in [3.8, 4) is 5.75 Å². The van der Waals surface area contributed by atoms with Crippen molar-refractivity contribution in [3.05, 3.63) is 69.5 Å². The van der Waals surface area contributed by atoms with Gasteiger partial charge in [-0.2, -0.15) is 10.2 Å². The van der Waals surface area contributed by atoms with Crippen LogP contribution in [-0.4, -0.2) is 36.4 Å². The van der Waals surface area contributed by atoms with E-state index >= 15 is 0 Å². The number of nitrogens with zero attached hydrogens (tertiary/aromatic N) is 4. The summed E-state index contributed by atoms with van der Waals surface area (Å²) in [6, 6.07) is 9.96. The summed E-state index contributed by atoms with van der Waals surface area (Å²) in [5.74, 6) is 0.319. The van der Waals surface area contributed by atoms with Crippen molar-refractivity contribution in [2.24, 2.45) is 12.1 Å². The summed E-state index contributed by atoms with van der Waals surface area (Å²) in [4.78, 5) is 10.6. The number of hydrogen-bond acceptors (Lipinski definition) is 8. The molecule has 2 aromatic carbocycles.